The quantitative estimate of drug-likeness (QED) is 0.731. The van der Waals surface area contributed by atoms with Crippen molar-refractivity contribution in [3.8, 4) is 0 Å². The third-order valence-corrected chi connectivity index (χ3v) is 5.22. The maximum absolute atomic E-state index is 12.6. The van der Waals surface area contributed by atoms with Gasteiger partial charge in [0.25, 0.3) is 0 Å². The molecule has 118 valence electrons. The van der Waals surface area contributed by atoms with Crippen LogP contribution in [0.1, 0.15) is 44.9 Å². The van der Waals surface area contributed by atoms with E-state index in [0.717, 1.165) is 25.8 Å². The van der Waals surface area contributed by atoms with Crippen LogP contribution < -0.4 is 0 Å². The zero-order valence-electron chi connectivity index (χ0n) is 12.8. The highest BCUT2D eigenvalue weighted by Crippen LogP contribution is 2.34. The fourth-order valence-corrected chi connectivity index (χ4v) is 4.17. The van der Waals surface area contributed by atoms with E-state index < -0.39 is 0 Å². The second kappa shape index (κ2) is 6.93. The maximum atomic E-state index is 12.6. The number of rotatable bonds is 5. The van der Waals surface area contributed by atoms with E-state index >= 15 is 0 Å². The van der Waals surface area contributed by atoms with Crippen LogP contribution in [-0.4, -0.2) is 48.8 Å². The lowest BCUT2D eigenvalue weighted by atomic mass is 10.0. The average Bonchev–Trinajstić information content (AvgIpc) is 3.14. The molecule has 1 amide bonds. The molecule has 2 aliphatic carbocycles. The first-order valence-corrected chi connectivity index (χ1v) is 8.43. The number of carbonyl (C=O) groups is 1. The van der Waals surface area contributed by atoms with Gasteiger partial charge >= 0.3 is 0 Å². The van der Waals surface area contributed by atoms with Gasteiger partial charge < -0.3 is 14.4 Å². The number of nitrogens with zero attached hydrogens (tertiary/aromatic N) is 1. The van der Waals surface area contributed by atoms with Gasteiger partial charge in [-0.1, -0.05) is 18.9 Å². The van der Waals surface area contributed by atoms with E-state index in [0.29, 0.717) is 25.0 Å². The Morgan fingerprint density at radius 3 is 2.86 bits per heavy atom. The summed E-state index contributed by atoms with van der Waals surface area (Å²) in [4.78, 5) is 14.7. The first-order valence-electron chi connectivity index (χ1n) is 8.43. The van der Waals surface area contributed by atoms with Crippen LogP contribution in [0.25, 0.3) is 0 Å². The molecule has 1 saturated heterocycles. The van der Waals surface area contributed by atoms with Gasteiger partial charge in [0.2, 0.25) is 5.91 Å². The van der Waals surface area contributed by atoms with E-state index in [2.05, 4.69) is 11.5 Å². The third-order valence-electron chi connectivity index (χ3n) is 5.22. The van der Waals surface area contributed by atoms with E-state index in [1.54, 1.807) is 6.08 Å². The molecule has 0 N–H and O–H groups in total. The summed E-state index contributed by atoms with van der Waals surface area (Å²) >= 11 is 0. The molecule has 4 heteroatoms. The molecule has 0 aromatic heterocycles. The Labute approximate surface area is 127 Å². The Hall–Kier alpha value is -0.870. The van der Waals surface area contributed by atoms with Gasteiger partial charge in [0.05, 0.1) is 25.4 Å². The van der Waals surface area contributed by atoms with Gasteiger partial charge in [0.1, 0.15) is 6.10 Å². The SMILES string of the molecule is C=CCO[C@H]1CC[C@H]2[C@@H]1OCCN2C(=O)CC1CCCC1. The summed E-state index contributed by atoms with van der Waals surface area (Å²) in [5.41, 5.74) is 0. The highest BCUT2D eigenvalue weighted by atomic mass is 16.5. The van der Waals surface area contributed by atoms with Crippen molar-refractivity contribution in [3.05, 3.63) is 12.7 Å². The molecule has 3 aliphatic rings. The van der Waals surface area contributed by atoms with Crippen LogP contribution in [-0.2, 0) is 14.3 Å². The Morgan fingerprint density at radius 1 is 1.29 bits per heavy atom. The Balaban J connectivity index is 1.58. The zero-order chi connectivity index (χ0) is 14.7. The fraction of sp³-hybridized carbons (Fsp3) is 0.824. The van der Waals surface area contributed by atoms with Gasteiger partial charge in [0.15, 0.2) is 0 Å². The summed E-state index contributed by atoms with van der Waals surface area (Å²) in [7, 11) is 0. The van der Waals surface area contributed by atoms with E-state index in [1.807, 2.05) is 0 Å². The lowest BCUT2D eigenvalue weighted by molar-refractivity contribution is -0.151. The molecule has 21 heavy (non-hydrogen) atoms. The number of hydrogen-bond donors (Lipinski definition) is 0. The second-order valence-electron chi connectivity index (χ2n) is 6.58. The van der Waals surface area contributed by atoms with Crippen molar-refractivity contribution in [2.75, 3.05) is 19.8 Å². The lowest BCUT2D eigenvalue weighted by Crippen LogP contribution is -2.54. The third kappa shape index (κ3) is 3.32. The van der Waals surface area contributed by atoms with Crippen molar-refractivity contribution in [2.24, 2.45) is 5.92 Å². The maximum Gasteiger partial charge on any atom is 0.223 e. The summed E-state index contributed by atoms with van der Waals surface area (Å²) in [5, 5.41) is 0. The molecule has 0 aromatic rings. The van der Waals surface area contributed by atoms with E-state index in [9.17, 15) is 4.79 Å². The van der Waals surface area contributed by atoms with Crippen LogP contribution in [0.15, 0.2) is 12.7 Å². The molecule has 3 atom stereocenters. The summed E-state index contributed by atoms with van der Waals surface area (Å²) in [6.45, 7) is 5.65. The van der Waals surface area contributed by atoms with Gasteiger partial charge in [-0.3, -0.25) is 4.79 Å². The van der Waals surface area contributed by atoms with Gasteiger partial charge in [-0.2, -0.15) is 0 Å². The second-order valence-corrected chi connectivity index (χ2v) is 6.58. The predicted octanol–water partition coefficient (Wildman–Crippen LogP) is 2.53. The summed E-state index contributed by atoms with van der Waals surface area (Å²) < 4.78 is 11.7. The average molecular weight is 293 g/mol. The molecule has 4 nitrogen and oxygen atoms in total. The van der Waals surface area contributed by atoms with Crippen LogP contribution in [0, 0.1) is 5.92 Å². The monoisotopic (exact) mass is 293 g/mol. The predicted molar refractivity (Wildman–Crippen MR) is 81.0 cm³/mol. The van der Waals surface area contributed by atoms with Crippen molar-refractivity contribution in [3.63, 3.8) is 0 Å². The number of hydrogen-bond acceptors (Lipinski definition) is 3. The molecule has 1 heterocycles. The number of amides is 1. The molecular formula is C17H27NO3. The van der Waals surface area contributed by atoms with Crippen LogP contribution in [0.3, 0.4) is 0 Å². The Morgan fingerprint density at radius 2 is 2.10 bits per heavy atom. The molecule has 1 aliphatic heterocycles. The molecular weight excluding hydrogens is 266 g/mol. The van der Waals surface area contributed by atoms with Crippen LogP contribution >= 0.6 is 0 Å². The van der Waals surface area contributed by atoms with Crippen molar-refractivity contribution in [1.82, 2.24) is 4.90 Å². The van der Waals surface area contributed by atoms with Crippen molar-refractivity contribution in [1.29, 1.82) is 0 Å². The zero-order valence-corrected chi connectivity index (χ0v) is 12.8. The minimum absolute atomic E-state index is 0.0613. The summed E-state index contributed by atoms with van der Waals surface area (Å²) in [6.07, 6.45) is 9.74. The molecule has 0 unspecified atom stereocenters. The normalized spacial score (nSPS) is 33.1. The van der Waals surface area contributed by atoms with Crippen LogP contribution in [0.5, 0.6) is 0 Å². The Bertz CT molecular complexity index is 378. The van der Waals surface area contributed by atoms with Gasteiger partial charge in [0, 0.05) is 13.0 Å². The molecule has 3 fully saturated rings. The first-order chi connectivity index (χ1) is 10.3. The minimum Gasteiger partial charge on any atom is -0.372 e. The molecule has 3 rings (SSSR count). The minimum atomic E-state index is 0.0613. The summed E-state index contributed by atoms with van der Waals surface area (Å²) in [5.74, 6) is 0.956. The standard InChI is InChI=1S/C17H27NO3/c1-2-10-20-15-8-7-14-17(15)21-11-9-18(14)16(19)12-13-5-3-4-6-13/h2,13-15,17H,1,3-12H2/t14-,15-,17-/m0/s1. The smallest absolute Gasteiger partial charge is 0.223 e. The summed E-state index contributed by atoms with van der Waals surface area (Å²) in [6, 6.07) is 0.225. The Kier molecular flexibility index (Phi) is 4.96. The number of morpholine rings is 1. The van der Waals surface area contributed by atoms with Gasteiger partial charge in [-0.15, -0.1) is 6.58 Å². The molecule has 0 aromatic carbocycles. The first kappa shape index (κ1) is 15.0. The van der Waals surface area contributed by atoms with Crippen molar-refractivity contribution in [2.45, 2.75) is 63.2 Å². The number of fused-ring (bicyclic) bond motifs is 1. The largest absolute Gasteiger partial charge is 0.372 e. The van der Waals surface area contributed by atoms with E-state index in [1.165, 1.54) is 25.7 Å². The van der Waals surface area contributed by atoms with Gasteiger partial charge in [-0.05, 0) is 31.6 Å². The number of ether oxygens (including phenoxy) is 2. The topological polar surface area (TPSA) is 38.8 Å². The molecule has 0 spiro atoms. The van der Waals surface area contributed by atoms with Crippen LogP contribution in [0.2, 0.25) is 0 Å². The number of carbonyl (C=O) groups excluding carboxylic acids is 1. The molecule has 0 radical (unpaired) electrons. The molecule has 2 saturated carbocycles. The lowest BCUT2D eigenvalue weighted by Gasteiger charge is -2.39. The molecule has 0 bridgehead atoms. The van der Waals surface area contributed by atoms with Crippen molar-refractivity contribution >= 4 is 5.91 Å². The highest BCUT2D eigenvalue weighted by Gasteiger charge is 2.45. The van der Waals surface area contributed by atoms with Crippen LogP contribution in [0.4, 0.5) is 0 Å². The van der Waals surface area contributed by atoms with Crippen molar-refractivity contribution < 1.29 is 14.3 Å². The van der Waals surface area contributed by atoms with E-state index in [4.69, 9.17) is 9.47 Å². The fourth-order valence-electron chi connectivity index (χ4n) is 4.17. The van der Waals surface area contributed by atoms with Gasteiger partial charge in [-0.25, -0.2) is 0 Å². The highest BCUT2D eigenvalue weighted by molar-refractivity contribution is 5.77. The van der Waals surface area contributed by atoms with E-state index in [-0.39, 0.29) is 18.2 Å².